The predicted octanol–water partition coefficient (Wildman–Crippen LogP) is 5.26. The number of aromatic nitrogens is 4. The van der Waals surface area contributed by atoms with Crippen molar-refractivity contribution in [1.29, 1.82) is 0 Å². The molecule has 0 aliphatic rings. The van der Waals surface area contributed by atoms with E-state index in [1.54, 1.807) is 4.57 Å². The SMILES string of the molecule is CCCCCn1c(=O)c2ccccc2n2c(SCC(=O)Nc3ccccc3C(C)(C)C)nnc12. The summed E-state index contributed by atoms with van der Waals surface area (Å²) in [4.78, 5) is 26.0. The van der Waals surface area contributed by atoms with Gasteiger partial charge in [0.05, 0.1) is 16.7 Å². The van der Waals surface area contributed by atoms with Crippen molar-refractivity contribution in [2.45, 2.75) is 64.1 Å². The summed E-state index contributed by atoms with van der Waals surface area (Å²) in [5.41, 5.74) is 2.52. The highest BCUT2D eigenvalue weighted by molar-refractivity contribution is 7.99. The predicted molar refractivity (Wildman–Crippen MR) is 139 cm³/mol. The topological polar surface area (TPSA) is 81.3 Å². The van der Waals surface area contributed by atoms with E-state index in [0.29, 0.717) is 22.9 Å². The molecule has 7 nitrogen and oxygen atoms in total. The largest absolute Gasteiger partial charge is 0.325 e. The van der Waals surface area contributed by atoms with Gasteiger partial charge in [0.25, 0.3) is 5.56 Å². The Morgan fingerprint density at radius 1 is 1.03 bits per heavy atom. The summed E-state index contributed by atoms with van der Waals surface area (Å²) >= 11 is 1.32. The highest BCUT2D eigenvalue weighted by atomic mass is 32.2. The maximum atomic E-state index is 13.1. The third-order valence-corrected chi connectivity index (χ3v) is 6.73. The number of hydrogen-bond acceptors (Lipinski definition) is 5. The van der Waals surface area contributed by atoms with E-state index in [1.807, 2.05) is 52.9 Å². The van der Waals surface area contributed by atoms with Gasteiger partial charge in [0, 0.05) is 12.2 Å². The second-order valence-electron chi connectivity index (χ2n) is 9.43. The summed E-state index contributed by atoms with van der Waals surface area (Å²) in [5, 5.41) is 12.9. The van der Waals surface area contributed by atoms with Crippen LogP contribution in [0.15, 0.2) is 58.5 Å². The lowest BCUT2D eigenvalue weighted by Gasteiger charge is -2.22. The van der Waals surface area contributed by atoms with Crippen molar-refractivity contribution in [3.63, 3.8) is 0 Å². The highest BCUT2D eigenvalue weighted by Gasteiger charge is 2.20. The molecule has 2 aromatic carbocycles. The molecule has 0 unspecified atom stereocenters. The lowest BCUT2D eigenvalue weighted by Crippen LogP contribution is -2.23. The van der Waals surface area contributed by atoms with Gasteiger partial charge in [0.2, 0.25) is 11.7 Å². The van der Waals surface area contributed by atoms with Crippen molar-refractivity contribution in [1.82, 2.24) is 19.2 Å². The Morgan fingerprint density at radius 3 is 2.53 bits per heavy atom. The van der Waals surface area contributed by atoms with Crippen LogP contribution in [0.5, 0.6) is 0 Å². The molecular weight excluding hydrogens is 446 g/mol. The molecular formula is C26H31N5O2S. The summed E-state index contributed by atoms with van der Waals surface area (Å²) in [7, 11) is 0. The zero-order valence-corrected chi connectivity index (χ0v) is 21.0. The fourth-order valence-electron chi connectivity index (χ4n) is 4.11. The molecule has 2 heterocycles. The van der Waals surface area contributed by atoms with Crippen LogP contribution in [0.4, 0.5) is 5.69 Å². The Bertz CT molecular complexity index is 1380. The molecule has 4 rings (SSSR count). The summed E-state index contributed by atoms with van der Waals surface area (Å²) in [6.07, 6.45) is 3.01. The first kappa shape index (κ1) is 24.0. The number of amides is 1. The normalized spacial score (nSPS) is 11.9. The van der Waals surface area contributed by atoms with E-state index < -0.39 is 0 Å². The number of nitrogens with one attached hydrogen (secondary N) is 1. The molecule has 2 aromatic heterocycles. The van der Waals surface area contributed by atoms with Gasteiger partial charge in [-0.15, -0.1) is 10.2 Å². The maximum Gasteiger partial charge on any atom is 0.262 e. The Balaban J connectivity index is 1.62. The number of hydrogen-bond donors (Lipinski definition) is 1. The number of carbonyl (C=O) groups excluding carboxylic acids is 1. The van der Waals surface area contributed by atoms with Crippen molar-refractivity contribution >= 4 is 40.0 Å². The van der Waals surface area contributed by atoms with E-state index in [2.05, 4.69) is 43.2 Å². The molecule has 0 bridgehead atoms. The molecule has 0 fully saturated rings. The second kappa shape index (κ2) is 10.0. The Morgan fingerprint density at radius 2 is 1.76 bits per heavy atom. The molecule has 8 heteroatoms. The van der Waals surface area contributed by atoms with Gasteiger partial charge in [-0.1, -0.05) is 82.6 Å². The molecule has 0 radical (unpaired) electrons. The molecule has 0 saturated carbocycles. The lowest BCUT2D eigenvalue weighted by molar-refractivity contribution is -0.113. The molecule has 0 atom stereocenters. The minimum atomic E-state index is -0.112. The Labute approximate surface area is 203 Å². The van der Waals surface area contributed by atoms with Crippen molar-refractivity contribution < 1.29 is 4.79 Å². The summed E-state index contributed by atoms with van der Waals surface area (Å²) in [6.45, 7) is 9.10. The van der Waals surface area contributed by atoms with E-state index in [0.717, 1.165) is 36.0 Å². The maximum absolute atomic E-state index is 13.1. The number of thioether (sulfide) groups is 1. The number of nitrogens with zero attached hydrogens (tertiary/aromatic N) is 4. The van der Waals surface area contributed by atoms with E-state index in [-0.39, 0.29) is 22.6 Å². The van der Waals surface area contributed by atoms with Crippen LogP contribution in [-0.4, -0.2) is 30.8 Å². The standard InChI is InChI=1S/C26H31N5O2S/c1-5-6-11-16-30-23(33)18-12-7-10-15-21(18)31-24(30)28-29-25(31)34-17-22(32)27-20-14-9-8-13-19(20)26(2,3)4/h7-10,12-15H,5-6,11,16-17H2,1-4H3,(H,27,32). The molecule has 4 aromatic rings. The first-order valence-electron chi connectivity index (χ1n) is 11.7. The minimum Gasteiger partial charge on any atom is -0.325 e. The van der Waals surface area contributed by atoms with Gasteiger partial charge >= 0.3 is 0 Å². The smallest absolute Gasteiger partial charge is 0.262 e. The van der Waals surface area contributed by atoms with E-state index >= 15 is 0 Å². The van der Waals surface area contributed by atoms with Crippen LogP contribution < -0.4 is 10.9 Å². The molecule has 0 aliphatic carbocycles. The van der Waals surface area contributed by atoms with Gasteiger partial charge in [-0.25, -0.2) is 0 Å². The number of benzene rings is 2. The number of rotatable bonds is 8. The monoisotopic (exact) mass is 477 g/mol. The molecule has 34 heavy (non-hydrogen) atoms. The molecule has 0 aliphatic heterocycles. The molecule has 1 amide bonds. The first-order valence-corrected chi connectivity index (χ1v) is 12.7. The number of carbonyl (C=O) groups is 1. The number of fused-ring (bicyclic) bond motifs is 3. The van der Waals surface area contributed by atoms with Crippen molar-refractivity contribution in [3.05, 3.63) is 64.4 Å². The van der Waals surface area contributed by atoms with Crippen LogP contribution in [-0.2, 0) is 16.8 Å². The number of unbranched alkanes of at least 4 members (excludes halogenated alkanes) is 2. The lowest BCUT2D eigenvalue weighted by atomic mass is 9.86. The Hall–Kier alpha value is -3.13. The molecule has 1 N–H and O–H groups in total. The van der Waals surface area contributed by atoms with Crippen molar-refractivity contribution in [3.8, 4) is 0 Å². The van der Waals surface area contributed by atoms with E-state index in [1.165, 1.54) is 11.8 Å². The molecule has 178 valence electrons. The Kier molecular flexibility index (Phi) is 7.07. The third-order valence-electron chi connectivity index (χ3n) is 5.81. The van der Waals surface area contributed by atoms with Gasteiger partial charge in [0.1, 0.15) is 0 Å². The van der Waals surface area contributed by atoms with Crippen LogP contribution in [0.1, 0.15) is 52.5 Å². The zero-order chi connectivity index (χ0) is 24.3. The van der Waals surface area contributed by atoms with Gasteiger partial charge in [-0.05, 0) is 35.6 Å². The molecule has 0 spiro atoms. The van der Waals surface area contributed by atoms with Crippen LogP contribution in [0, 0.1) is 0 Å². The second-order valence-corrected chi connectivity index (χ2v) is 10.4. The highest BCUT2D eigenvalue weighted by Crippen LogP contribution is 2.29. The fourth-order valence-corrected chi connectivity index (χ4v) is 4.85. The first-order chi connectivity index (χ1) is 16.3. The summed E-state index contributed by atoms with van der Waals surface area (Å²) in [6, 6.07) is 15.4. The van der Waals surface area contributed by atoms with Gasteiger partial charge in [-0.2, -0.15) is 0 Å². The number of anilines is 1. The summed E-state index contributed by atoms with van der Waals surface area (Å²) < 4.78 is 3.60. The van der Waals surface area contributed by atoms with Crippen molar-refractivity contribution in [2.75, 3.05) is 11.1 Å². The van der Waals surface area contributed by atoms with Crippen molar-refractivity contribution in [2.24, 2.45) is 0 Å². The summed E-state index contributed by atoms with van der Waals surface area (Å²) in [5.74, 6) is 0.586. The van der Waals surface area contributed by atoms with Crippen LogP contribution in [0.3, 0.4) is 0 Å². The van der Waals surface area contributed by atoms with Gasteiger partial charge in [-0.3, -0.25) is 18.6 Å². The number of aryl methyl sites for hydroxylation is 1. The number of para-hydroxylation sites is 2. The van der Waals surface area contributed by atoms with Gasteiger partial charge < -0.3 is 5.32 Å². The van der Waals surface area contributed by atoms with Crippen LogP contribution in [0.2, 0.25) is 0 Å². The average Bonchev–Trinajstić information content (AvgIpc) is 3.23. The van der Waals surface area contributed by atoms with Crippen LogP contribution >= 0.6 is 11.8 Å². The molecule has 0 saturated heterocycles. The fraction of sp³-hybridized carbons (Fsp3) is 0.385. The quantitative estimate of drug-likeness (QED) is 0.276. The third kappa shape index (κ3) is 4.87. The van der Waals surface area contributed by atoms with E-state index in [9.17, 15) is 9.59 Å². The van der Waals surface area contributed by atoms with Crippen LogP contribution in [0.25, 0.3) is 16.7 Å². The van der Waals surface area contributed by atoms with E-state index in [4.69, 9.17) is 0 Å². The van der Waals surface area contributed by atoms with Gasteiger partial charge in [0.15, 0.2) is 5.16 Å². The average molecular weight is 478 g/mol. The minimum absolute atomic E-state index is 0.0558. The zero-order valence-electron chi connectivity index (χ0n) is 20.2.